The number of aromatic nitrogens is 2. The molecule has 164 valence electrons. The normalized spacial score (nSPS) is 11.4. The molecular weight excluding hydrogens is 427 g/mol. The van der Waals surface area contributed by atoms with Crippen molar-refractivity contribution in [3.8, 4) is 0 Å². The maximum Gasteiger partial charge on any atom is 0.263 e. The average molecular weight is 451 g/mol. The number of nitrogens with zero attached hydrogens (tertiary/aromatic N) is 2. The van der Waals surface area contributed by atoms with Crippen molar-refractivity contribution >= 4 is 38.4 Å². The predicted molar refractivity (Wildman–Crippen MR) is 125 cm³/mol. The second-order valence-corrected chi connectivity index (χ2v) is 9.08. The van der Waals surface area contributed by atoms with Crippen LogP contribution in [0.4, 0.5) is 21.7 Å². The third-order valence-corrected chi connectivity index (χ3v) is 6.32. The molecule has 32 heavy (non-hydrogen) atoms. The number of fused-ring (bicyclic) bond motifs is 1. The third-order valence-electron chi connectivity index (χ3n) is 4.96. The second kappa shape index (κ2) is 9.32. The van der Waals surface area contributed by atoms with Crippen molar-refractivity contribution in [3.63, 3.8) is 0 Å². The largest absolute Gasteiger partial charge is 0.337 e. The molecule has 0 unspecified atom stereocenters. The molecule has 0 saturated heterocycles. The first kappa shape index (κ1) is 21.7. The van der Waals surface area contributed by atoms with Gasteiger partial charge in [-0.3, -0.25) is 4.72 Å². The Labute approximate surface area is 186 Å². The van der Waals surface area contributed by atoms with Gasteiger partial charge in [-0.1, -0.05) is 37.6 Å². The van der Waals surface area contributed by atoms with E-state index in [-0.39, 0.29) is 16.5 Å². The zero-order chi connectivity index (χ0) is 22.6. The highest BCUT2D eigenvalue weighted by molar-refractivity contribution is 7.92. The number of sulfonamides is 1. The molecule has 0 bridgehead atoms. The molecule has 0 aliphatic heterocycles. The van der Waals surface area contributed by atoms with Crippen molar-refractivity contribution in [3.05, 3.63) is 84.2 Å². The van der Waals surface area contributed by atoms with Crippen LogP contribution in [0.5, 0.6) is 0 Å². The van der Waals surface area contributed by atoms with Gasteiger partial charge in [0.15, 0.2) is 11.6 Å². The average Bonchev–Trinajstić information content (AvgIpc) is 2.79. The zero-order valence-electron chi connectivity index (χ0n) is 17.5. The molecule has 1 aromatic heterocycles. The number of hydrogen-bond donors (Lipinski definition) is 2. The monoisotopic (exact) mass is 450 g/mol. The van der Waals surface area contributed by atoms with E-state index in [4.69, 9.17) is 0 Å². The SMILES string of the molecule is CCCCc1ccc(Nc2nc3ccccc3nc2NS(=O)(=O)c2ccc(F)cc2)cc1. The van der Waals surface area contributed by atoms with E-state index in [1.54, 1.807) is 18.2 Å². The summed E-state index contributed by atoms with van der Waals surface area (Å²) in [6.45, 7) is 2.16. The van der Waals surface area contributed by atoms with Crippen LogP contribution in [-0.4, -0.2) is 18.4 Å². The van der Waals surface area contributed by atoms with E-state index in [2.05, 4.69) is 26.9 Å². The standard InChI is InChI=1S/C24H23FN4O2S/c1-2-3-6-17-9-13-19(14-10-17)26-23-24(28-22-8-5-4-7-21(22)27-23)29-32(30,31)20-15-11-18(25)12-16-20/h4-5,7-16H,2-3,6H2,1H3,(H,26,27)(H,28,29). The van der Waals surface area contributed by atoms with E-state index < -0.39 is 15.8 Å². The van der Waals surface area contributed by atoms with Crippen molar-refractivity contribution in [2.75, 3.05) is 10.0 Å². The van der Waals surface area contributed by atoms with Crippen molar-refractivity contribution in [2.45, 2.75) is 31.1 Å². The van der Waals surface area contributed by atoms with Crippen LogP contribution < -0.4 is 10.0 Å². The second-order valence-electron chi connectivity index (χ2n) is 7.39. The molecule has 0 amide bonds. The maximum absolute atomic E-state index is 13.2. The molecule has 0 atom stereocenters. The Hall–Kier alpha value is -3.52. The molecule has 2 N–H and O–H groups in total. The molecule has 3 aromatic carbocycles. The topological polar surface area (TPSA) is 84.0 Å². The van der Waals surface area contributed by atoms with E-state index >= 15 is 0 Å². The molecule has 4 aromatic rings. The van der Waals surface area contributed by atoms with Gasteiger partial charge in [0.1, 0.15) is 5.82 Å². The van der Waals surface area contributed by atoms with Gasteiger partial charge in [0.05, 0.1) is 15.9 Å². The molecule has 8 heteroatoms. The number of hydrogen-bond acceptors (Lipinski definition) is 5. The lowest BCUT2D eigenvalue weighted by Crippen LogP contribution is -2.16. The highest BCUT2D eigenvalue weighted by atomic mass is 32.2. The Bertz CT molecular complexity index is 1320. The molecule has 0 aliphatic carbocycles. The van der Waals surface area contributed by atoms with Gasteiger partial charge in [-0.15, -0.1) is 0 Å². The Morgan fingerprint density at radius 3 is 2.09 bits per heavy atom. The minimum atomic E-state index is -3.99. The van der Waals surface area contributed by atoms with Crippen LogP contribution in [-0.2, 0) is 16.4 Å². The molecule has 4 rings (SSSR count). The number of nitrogens with one attached hydrogen (secondary N) is 2. The first-order chi connectivity index (χ1) is 15.4. The van der Waals surface area contributed by atoms with Crippen LogP contribution in [0.1, 0.15) is 25.3 Å². The minimum Gasteiger partial charge on any atom is -0.337 e. The van der Waals surface area contributed by atoms with Gasteiger partial charge in [-0.2, -0.15) is 0 Å². The Morgan fingerprint density at radius 2 is 1.47 bits per heavy atom. The third kappa shape index (κ3) is 5.03. The van der Waals surface area contributed by atoms with E-state index in [0.717, 1.165) is 37.1 Å². The van der Waals surface area contributed by atoms with Crippen molar-refractivity contribution < 1.29 is 12.8 Å². The molecule has 0 spiro atoms. The van der Waals surface area contributed by atoms with Crippen molar-refractivity contribution in [1.29, 1.82) is 0 Å². The van der Waals surface area contributed by atoms with Crippen molar-refractivity contribution in [1.82, 2.24) is 9.97 Å². The van der Waals surface area contributed by atoms with Gasteiger partial charge in [0, 0.05) is 5.69 Å². The predicted octanol–water partition coefficient (Wildman–Crippen LogP) is 5.66. The van der Waals surface area contributed by atoms with Crippen LogP contribution in [0.15, 0.2) is 77.7 Å². The lowest BCUT2D eigenvalue weighted by Gasteiger charge is -2.14. The summed E-state index contributed by atoms with van der Waals surface area (Å²) in [4.78, 5) is 8.97. The first-order valence-corrected chi connectivity index (χ1v) is 11.8. The molecule has 0 fully saturated rings. The van der Waals surface area contributed by atoms with Crippen LogP contribution in [0.25, 0.3) is 11.0 Å². The number of para-hydroxylation sites is 2. The molecule has 0 saturated carbocycles. The number of aryl methyl sites for hydroxylation is 1. The number of anilines is 3. The van der Waals surface area contributed by atoms with Crippen LogP contribution >= 0.6 is 0 Å². The van der Waals surface area contributed by atoms with E-state index in [9.17, 15) is 12.8 Å². The van der Waals surface area contributed by atoms with E-state index in [1.165, 1.54) is 17.7 Å². The van der Waals surface area contributed by atoms with Gasteiger partial charge in [0.2, 0.25) is 0 Å². The summed E-state index contributed by atoms with van der Waals surface area (Å²) in [5, 5.41) is 3.17. The maximum atomic E-state index is 13.2. The van der Waals surface area contributed by atoms with Gasteiger partial charge in [-0.25, -0.2) is 22.8 Å². The smallest absolute Gasteiger partial charge is 0.263 e. The van der Waals surface area contributed by atoms with Gasteiger partial charge < -0.3 is 5.32 Å². The Morgan fingerprint density at radius 1 is 0.844 bits per heavy atom. The fraction of sp³-hybridized carbons (Fsp3) is 0.167. The summed E-state index contributed by atoms with van der Waals surface area (Å²) in [6.07, 6.45) is 3.26. The molecule has 1 heterocycles. The lowest BCUT2D eigenvalue weighted by atomic mass is 10.1. The summed E-state index contributed by atoms with van der Waals surface area (Å²) in [6, 6.07) is 19.7. The van der Waals surface area contributed by atoms with Gasteiger partial charge in [0.25, 0.3) is 10.0 Å². The Balaban J connectivity index is 1.68. The summed E-state index contributed by atoms with van der Waals surface area (Å²) in [5.74, 6) is -0.182. The summed E-state index contributed by atoms with van der Waals surface area (Å²) >= 11 is 0. The van der Waals surface area contributed by atoms with Crippen LogP contribution in [0, 0.1) is 5.82 Å². The van der Waals surface area contributed by atoms with Gasteiger partial charge in [-0.05, 0) is 66.9 Å². The molecule has 6 nitrogen and oxygen atoms in total. The van der Waals surface area contributed by atoms with Crippen LogP contribution in [0.3, 0.4) is 0 Å². The summed E-state index contributed by atoms with van der Waals surface area (Å²) in [7, 11) is -3.99. The minimum absolute atomic E-state index is 0.0584. The fourth-order valence-corrected chi connectivity index (χ4v) is 4.24. The molecule has 0 radical (unpaired) electrons. The molecule has 0 aliphatic rings. The number of halogens is 1. The molecular formula is C24H23FN4O2S. The highest BCUT2D eigenvalue weighted by Gasteiger charge is 2.19. The van der Waals surface area contributed by atoms with E-state index in [1.807, 2.05) is 30.3 Å². The number of benzene rings is 3. The Kier molecular flexibility index (Phi) is 6.32. The van der Waals surface area contributed by atoms with Gasteiger partial charge >= 0.3 is 0 Å². The summed E-state index contributed by atoms with van der Waals surface area (Å²) < 4.78 is 41.5. The lowest BCUT2D eigenvalue weighted by molar-refractivity contribution is 0.599. The quantitative estimate of drug-likeness (QED) is 0.362. The zero-order valence-corrected chi connectivity index (χ0v) is 18.4. The fourth-order valence-electron chi connectivity index (χ4n) is 3.23. The van der Waals surface area contributed by atoms with Crippen LogP contribution in [0.2, 0.25) is 0 Å². The number of rotatable bonds is 8. The summed E-state index contributed by atoms with van der Waals surface area (Å²) in [5.41, 5.74) is 3.17. The van der Waals surface area contributed by atoms with Crippen molar-refractivity contribution in [2.24, 2.45) is 0 Å². The first-order valence-electron chi connectivity index (χ1n) is 10.4. The number of unbranched alkanes of at least 4 members (excludes halogenated alkanes) is 1. The van der Waals surface area contributed by atoms with E-state index in [0.29, 0.717) is 11.0 Å². The highest BCUT2D eigenvalue weighted by Crippen LogP contribution is 2.27.